The Morgan fingerprint density at radius 1 is 0.957 bits per heavy atom. The minimum atomic E-state index is -0.696. The van der Waals surface area contributed by atoms with Crippen molar-refractivity contribution in [3.05, 3.63) is 64.9 Å². The zero-order valence-electron chi connectivity index (χ0n) is 12.1. The van der Waals surface area contributed by atoms with Crippen LogP contribution in [0.5, 0.6) is 5.75 Å². The second-order valence-electron chi connectivity index (χ2n) is 4.69. The summed E-state index contributed by atoms with van der Waals surface area (Å²) in [6, 6.07) is 12.4. The third-order valence-corrected chi connectivity index (χ3v) is 3.16. The van der Waals surface area contributed by atoms with Gasteiger partial charge in [-0.05, 0) is 29.8 Å². The summed E-state index contributed by atoms with van der Waals surface area (Å²) >= 11 is 5.75. The molecule has 0 saturated carbocycles. The zero-order valence-corrected chi connectivity index (χ0v) is 12.9. The van der Waals surface area contributed by atoms with Crippen molar-refractivity contribution < 1.29 is 23.5 Å². The van der Waals surface area contributed by atoms with Crippen LogP contribution in [0.1, 0.15) is 18.4 Å². The van der Waals surface area contributed by atoms with Gasteiger partial charge < -0.3 is 9.47 Å². The summed E-state index contributed by atoms with van der Waals surface area (Å²) in [7, 11) is 0. The monoisotopic (exact) mass is 336 g/mol. The first-order valence-electron chi connectivity index (χ1n) is 6.90. The molecule has 0 unspecified atom stereocenters. The molecule has 0 amide bonds. The minimum absolute atomic E-state index is 0.0956. The van der Waals surface area contributed by atoms with Crippen LogP contribution in [-0.4, -0.2) is 11.9 Å². The van der Waals surface area contributed by atoms with E-state index in [9.17, 15) is 14.0 Å². The summed E-state index contributed by atoms with van der Waals surface area (Å²) in [4.78, 5) is 23.1. The van der Waals surface area contributed by atoms with Crippen LogP contribution in [0.3, 0.4) is 0 Å². The summed E-state index contributed by atoms with van der Waals surface area (Å²) < 4.78 is 23.2. The number of carbonyl (C=O) groups excluding carboxylic acids is 2. The Bertz CT molecular complexity index is 685. The van der Waals surface area contributed by atoms with Crippen LogP contribution in [0.15, 0.2) is 48.5 Å². The summed E-state index contributed by atoms with van der Waals surface area (Å²) in [6.45, 7) is 0.0956. The molecular weight excluding hydrogens is 323 g/mol. The fourth-order valence-electron chi connectivity index (χ4n) is 1.72. The van der Waals surface area contributed by atoms with Crippen LogP contribution >= 0.6 is 11.6 Å². The van der Waals surface area contributed by atoms with Gasteiger partial charge in [0.2, 0.25) is 0 Å². The maximum atomic E-state index is 13.3. The number of hydrogen-bond donors (Lipinski definition) is 0. The van der Waals surface area contributed by atoms with Crippen LogP contribution in [-0.2, 0) is 20.9 Å². The van der Waals surface area contributed by atoms with Crippen molar-refractivity contribution >= 4 is 23.5 Å². The average molecular weight is 337 g/mol. The van der Waals surface area contributed by atoms with E-state index in [4.69, 9.17) is 21.1 Å². The molecule has 0 spiro atoms. The number of esters is 2. The molecule has 0 aliphatic carbocycles. The smallest absolute Gasteiger partial charge is 0.311 e. The number of carbonyl (C=O) groups is 2. The molecule has 4 nitrogen and oxygen atoms in total. The highest BCUT2D eigenvalue weighted by Gasteiger charge is 2.12. The van der Waals surface area contributed by atoms with Gasteiger partial charge in [-0.3, -0.25) is 9.59 Å². The lowest BCUT2D eigenvalue weighted by atomic mass is 10.2. The van der Waals surface area contributed by atoms with Gasteiger partial charge in [-0.15, -0.1) is 0 Å². The van der Waals surface area contributed by atoms with Crippen LogP contribution in [0, 0.1) is 5.82 Å². The zero-order chi connectivity index (χ0) is 16.7. The van der Waals surface area contributed by atoms with Crippen LogP contribution < -0.4 is 4.74 Å². The van der Waals surface area contributed by atoms with Gasteiger partial charge in [0.1, 0.15) is 6.61 Å². The lowest BCUT2D eigenvalue weighted by Crippen LogP contribution is -2.13. The van der Waals surface area contributed by atoms with E-state index >= 15 is 0 Å². The quantitative estimate of drug-likeness (QED) is 0.593. The van der Waals surface area contributed by atoms with Crippen molar-refractivity contribution in [2.24, 2.45) is 0 Å². The maximum Gasteiger partial charge on any atom is 0.311 e. The van der Waals surface area contributed by atoms with Crippen molar-refractivity contribution in [2.75, 3.05) is 0 Å². The Balaban J connectivity index is 1.72. The van der Waals surface area contributed by atoms with Gasteiger partial charge in [0, 0.05) is 5.02 Å². The van der Waals surface area contributed by atoms with Crippen molar-refractivity contribution in [3.8, 4) is 5.75 Å². The molecule has 0 aliphatic rings. The molecule has 0 aromatic heterocycles. The Kier molecular flexibility index (Phi) is 6.11. The lowest BCUT2D eigenvalue weighted by Gasteiger charge is -2.06. The molecule has 2 aromatic carbocycles. The Morgan fingerprint density at radius 2 is 1.61 bits per heavy atom. The second-order valence-corrected chi connectivity index (χ2v) is 5.13. The molecule has 120 valence electrons. The first-order chi connectivity index (χ1) is 11.0. The van der Waals surface area contributed by atoms with Crippen molar-refractivity contribution in [2.45, 2.75) is 19.4 Å². The third-order valence-electron chi connectivity index (χ3n) is 2.91. The molecule has 0 aliphatic heterocycles. The lowest BCUT2D eigenvalue weighted by molar-refractivity contribution is -0.148. The molecule has 2 aromatic rings. The number of benzene rings is 2. The topological polar surface area (TPSA) is 52.6 Å². The molecule has 6 heteroatoms. The molecule has 0 heterocycles. The van der Waals surface area contributed by atoms with Crippen molar-refractivity contribution in [1.82, 2.24) is 0 Å². The molecular formula is C17H14ClFO4. The standard InChI is InChI=1S/C17H14ClFO4/c18-13-7-5-12(6-8-13)11-22-16(20)9-10-17(21)23-15-4-2-1-3-14(15)19/h1-8H,9-11H2. The second kappa shape index (κ2) is 8.29. The van der Waals surface area contributed by atoms with Crippen molar-refractivity contribution in [1.29, 1.82) is 0 Å². The van der Waals surface area contributed by atoms with E-state index in [1.165, 1.54) is 18.2 Å². The first kappa shape index (κ1) is 17.0. The van der Waals surface area contributed by atoms with Gasteiger partial charge in [-0.1, -0.05) is 35.9 Å². The number of rotatable bonds is 6. The SMILES string of the molecule is O=C(CCC(=O)Oc1ccccc1F)OCc1ccc(Cl)cc1. The Hall–Kier alpha value is -2.40. The molecule has 2 rings (SSSR count). The molecule has 0 bridgehead atoms. The van der Waals surface area contributed by atoms with Crippen LogP contribution in [0.4, 0.5) is 4.39 Å². The fraction of sp³-hybridized carbons (Fsp3) is 0.176. The third kappa shape index (κ3) is 5.71. The van der Waals surface area contributed by atoms with Gasteiger partial charge in [0.25, 0.3) is 0 Å². The van der Waals surface area contributed by atoms with Crippen LogP contribution in [0.25, 0.3) is 0 Å². The summed E-state index contributed by atoms with van der Waals surface area (Å²) in [5.74, 6) is -2.03. The fourth-order valence-corrected chi connectivity index (χ4v) is 1.85. The number of para-hydroxylation sites is 1. The minimum Gasteiger partial charge on any atom is -0.461 e. The average Bonchev–Trinajstić information content (AvgIpc) is 2.54. The molecule has 0 N–H and O–H groups in total. The van der Waals surface area contributed by atoms with Gasteiger partial charge in [-0.2, -0.15) is 0 Å². The molecule has 0 radical (unpaired) electrons. The van der Waals surface area contributed by atoms with Gasteiger partial charge in [0.05, 0.1) is 12.8 Å². The number of ether oxygens (including phenoxy) is 2. The van der Waals surface area contributed by atoms with Gasteiger partial charge in [0.15, 0.2) is 11.6 Å². The predicted molar refractivity (Wildman–Crippen MR) is 82.5 cm³/mol. The molecule has 0 atom stereocenters. The summed E-state index contributed by atoms with van der Waals surface area (Å²) in [5.41, 5.74) is 0.789. The number of hydrogen-bond acceptors (Lipinski definition) is 4. The van der Waals surface area contributed by atoms with E-state index in [-0.39, 0.29) is 25.2 Å². The maximum absolute atomic E-state index is 13.3. The molecule has 0 saturated heterocycles. The van der Waals surface area contributed by atoms with E-state index in [0.717, 1.165) is 5.56 Å². The Morgan fingerprint density at radius 3 is 2.30 bits per heavy atom. The highest BCUT2D eigenvalue weighted by Crippen LogP contribution is 2.16. The predicted octanol–water partition coefficient (Wildman–Crippen LogP) is 3.91. The highest BCUT2D eigenvalue weighted by atomic mass is 35.5. The Labute approximate surface area is 137 Å². The first-order valence-corrected chi connectivity index (χ1v) is 7.27. The normalized spacial score (nSPS) is 10.2. The summed E-state index contributed by atoms with van der Waals surface area (Å²) in [6.07, 6.45) is -0.325. The van der Waals surface area contributed by atoms with E-state index in [1.807, 2.05) is 0 Å². The van der Waals surface area contributed by atoms with E-state index < -0.39 is 17.8 Å². The van der Waals surface area contributed by atoms with E-state index in [1.54, 1.807) is 30.3 Å². The molecule has 23 heavy (non-hydrogen) atoms. The van der Waals surface area contributed by atoms with Crippen LogP contribution in [0.2, 0.25) is 5.02 Å². The van der Waals surface area contributed by atoms with Gasteiger partial charge >= 0.3 is 11.9 Å². The van der Waals surface area contributed by atoms with Gasteiger partial charge in [-0.25, -0.2) is 4.39 Å². The van der Waals surface area contributed by atoms with E-state index in [0.29, 0.717) is 5.02 Å². The highest BCUT2D eigenvalue weighted by molar-refractivity contribution is 6.30. The van der Waals surface area contributed by atoms with Crippen molar-refractivity contribution in [3.63, 3.8) is 0 Å². The molecule has 0 fully saturated rings. The largest absolute Gasteiger partial charge is 0.461 e. The summed E-state index contributed by atoms with van der Waals surface area (Å²) in [5, 5.41) is 0.593. The van der Waals surface area contributed by atoms with E-state index in [2.05, 4.69) is 0 Å². The number of halogens is 2.